The Labute approximate surface area is 197 Å². The number of methoxy groups -OCH3 is 1. The van der Waals surface area contributed by atoms with Crippen LogP contribution in [0.4, 0.5) is 0 Å². The van der Waals surface area contributed by atoms with E-state index in [2.05, 4.69) is 14.8 Å². The van der Waals surface area contributed by atoms with Gasteiger partial charge in [0.2, 0.25) is 10.0 Å². The standard InChI is InChI=1S/C24H23ClN2O5S/c1-16-21(25)7-4-8-22(16)33(30,31)27-15-18-5-3-6-20(13-18)23(28)26-14-17-9-11-19(12-10-17)24(29)32-2/h3-13,27H,14-15H2,1-2H3,(H,26,28). The average Bonchev–Trinajstić information content (AvgIpc) is 2.83. The maximum atomic E-state index is 12.7. The minimum atomic E-state index is -3.77. The van der Waals surface area contributed by atoms with Crippen LogP contribution in [-0.2, 0) is 27.8 Å². The highest BCUT2D eigenvalue weighted by atomic mass is 35.5. The van der Waals surface area contributed by atoms with Crippen LogP contribution in [0.5, 0.6) is 0 Å². The van der Waals surface area contributed by atoms with E-state index in [9.17, 15) is 18.0 Å². The summed E-state index contributed by atoms with van der Waals surface area (Å²) in [5, 5.41) is 3.18. The molecule has 0 heterocycles. The summed E-state index contributed by atoms with van der Waals surface area (Å²) in [6.45, 7) is 1.93. The number of benzene rings is 3. The van der Waals surface area contributed by atoms with Gasteiger partial charge in [0, 0.05) is 23.7 Å². The number of carbonyl (C=O) groups is 2. The van der Waals surface area contributed by atoms with Crippen LogP contribution in [0, 0.1) is 6.92 Å². The maximum Gasteiger partial charge on any atom is 0.337 e. The molecule has 0 saturated heterocycles. The molecule has 3 aromatic rings. The molecule has 7 nitrogen and oxygen atoms in total. The van der Waals surface area contributed by atoms with Crippen LogP contribution in [-0.4, -0.2) is 27.4 Å². The molecule has 0 fully saturated rings. The Balaban J connectivity index is 1.62. The van der Waals surface area contributed by atoms with Crippen molar-refractivity contribution >= 4 is 33.5 Å². The highest BCUT2D eigenvalue weighted by molar-refractivity contribution is 7.89. The monoisotopic (exact) mass is 486 g/mol. The Bertz CT molecular complexity index is 1270. The van der Waals surface area contributed by atoms with E-state index in [0.29, 0.717) is 27.3 Å². The zero-order valence-electron chi connectivity index (χ0n) is 18.1. The van der Waals surface area contributed by atoms with Crippen LogP contribution in [0.1, 0.15) is 37.4 Å². The van der Waals surface area contributed by atoms with Crippen LogP contribution >= 0.6 is 11.6 Å². The number of rotatable bonds is 8. The van der Waals surface area contributed by atoms with Gasteiger partial charge in [-0.25, -0.2) is 17.9 Å². The molecule has 0 spiro atoms. The van der Waals surface area contributed by atoms with E-state index in [1.165, 1.54) is 13.2 Å². The molecule has 0 aliphatic heterocycles. The van der Waals surface area contributed by atoms with E-state index >= 15 is 0 Å². The second kappa shape index (κ2) is 10.6. The van der Waals surface area contributed by atoms with Crippen LogP contribution < -0.4 is 10.0 Å². The number of halogens is 1. The van der Waals surface area contributed by atoms with E-state index in [4.69, 9.17) is 11.6 Å². The van der Waals surface area contributed by atoms with Gasteiger partial charge in [0.25, 0.3) is 5.91 Å². The molecular formula is C24H23ClN2O5S. The van der Waals surface area contributed by atoms with E-state index in [-0.39, 0.29) is 23.9 Å². The summed E-state index contributed by atoms with van der Waals surface area (Å²) in [5.41, 5.74) is 2.75. The minimum Gasteiger partial charge on any atom is -0.465 e. The van der Waals surface area contributed by atoms with Gasteiger partial charge in [0.05, 0.1) is 17.6 Å². The lowest BCUT2D eigenvalue weighted by Gasteiger charge is -2.11. The smallest absolute Gasteiger partial charge is 0.337 e. The minimum absolute atomic E-state index is 0.0183. The molecule has 0 saturated carbocycles. The van der Waals surface area contributed by atoms with Gasteiger partial charge in [0.1, 0.15) is 0 Å². The van der Waals surface area contributed by atoms with Crippen molar-refractivity contribution in [3.8, 4) is 0 Å². The topological polar surface area (TPSA) is 102 Å². The fourth-order valence-corrected chi connectivity index (χ4v) is 4.63. The molecule has 0 atom stereocenters. The first kappa shape index (κ1) is 24.4. The first-order chi connectivity index (χ1) is 15.7. The molecule has 3 aromatic carbocycles. The number of carbonyl (C=O) groups excluding carboxylic acids is 2. The number of ether oxygens (including phenoxy) is 1. The Morgan fingerprint density at radius 2 is 1.61 bits per heavy atom. The maximum absolute atomic E-state index is 12.7. The molecule has 0 aliphatic carbocycles. The molecule has 2 N–H and O–H groups in total. The molecule has 3 rings (SSSR count). The molecular weight excluding hydrogens is 464 g/mol. The van der Waals surface area contributed by atoms with E-state index in [1.54, 1.807) is 67.6 Å². The quantitative estimate of drug-likeness (QED) is 0.471. The first-order valence-corrected chi connectivity index (χ1v) is 11.9. The summed E-state index contributed by atoms with van der Waals surface area (Å²) in [7, 11) is -2.46. The predicted octanol–water partition coefficient (Wildman–Crippen LogP) is 3.84. The Kier molecular flexibility index (Phi) is 7.86. The normalized spacial score (nSPS) is 11.1. The van der Waals surface area contributed by atoms with E-state index in [1.807, 2.05) is 0 Å². The molecule has 0 aliphatic rings. The highest BCUT2D eigenvalue weighted by Gasteiger charge is 2.18. The fraction of sp³-hybridized carbons (Fsp3) is 0.167. The van der Waals surface area contributed by atoms with Crippen molar-refractivity contribution in [2.24, 2.45) is 0 Å². The third-order valence-corrected chi connectivity index (χ3v) is 6.95. The predicted molar refractivity (Wildman–Crippen MR) is 126 cm³/mol. The molecule has 0 unspecified atom stereocenters. The average molecular weight is 487 g/mol. The molecule has 172 valence electrons. The van der Waals surface area contributed by atoms with Crippen molar-refractivity contribution in [1.82, 2.24) is 10.0 Å². The summed E-state index contributed by atoms with van der Waals surface area (Å²) in [6, 6.07) is 18.1. The van der Waals surface area contributed by atoms with Crippen molar-refractivity contribution in [2.75, 3.05) is 7.11 Å². The van der Waals surface area contributed by atoms with Crippen LogP contribution in [0.15, 0.2) is 71.6 Å². The van der Waals surface area contributed by atoms with Crippen molar-refractivity contribution in [3.63, 3.8) is 0 Å². The Hall–Kier alpha value is -3.20. The van der Waals surface area contributed by atoms with Crippen molar-refractivity contribution in [2.45, 2.75) is 24.9 Å². The van der Waals surface area contributed by atoms with Gasteiger partial charge in [-0.3, -0.25) is 4.79 Å². The summed E-state index contributed by atoms with van der Waals surface area (Å²) in [5.74, 6) is -0.731. The number of sulfonamides is 1. The lowest BCUT2D eigenvalue weighted by atomic mass is 10.1. The highest BCUT2D eigenvalue weighted by Crippen LogP contribution is 2.22. The summed E-state index contributed by atoms with van der Waals surface area (Å²) < 4.78 is 32.5. The summed E-state index contributed by atoms with van der Waals surface area (Å²) in [4.78, 5) is 24.2. The number of esters is 1. The van der Waals surface area contributed by atoms with Crippen molar-refractivity contribution in [1.29, 1.82) is 0 Å². The number of amides is 1. The Morgan fingerprint density at radius 3 is 2.30 bits per heavy atom. The van der Waals surface area contributed by atoms with Gasteiger partial charge in [-0.1, -0.05) is 41.9 Å². The molecule has 33 heavy (non-hydrogen) atoms. The zero-order chi connectivity index (χ0) is 24.0. The van der Waals surface area contributed by atoms with Gasteiger partial charge in [-0.15, -0.1) is 0 Å². The van der Waals surface area contributed by atoms with E-state index in [0.717, 1.165) is 5.56 Å². The third-order valence-electron chi connectivity index (χ3n) is 4.99. The van der Waals surface area contributed by atoms with Gasteiger partial charge < -0.3 is 10.1 Å². The lowest BCUT2D eigenvalue weighted by molar-refractivity contribution is 0.0600. The first-order valence-electron chi connectivity index (χ1n) is 10.0. The summed E-state index contributed by atoms with van der Waals surface area (Å²) in [6.07, 6.45) is 0. The van der Waals surface area contributed by atoms with Gasteiger partial charge in [-0.2, -0.15) is 0 Å². The summed E-state index contributed by atoms with van der Waals surface area (Å²) >= 11 is 6.04. The van der Waals surface area contributed by atoms with Crippen LogP contribution in [0.2, 0.25) is 5.02 Å². The molecule has 0 aromatic heterocycles. The fourth-order valence-electron chi connectivity index (χ4n) is 3.12. The zero-order valence-corrected chi connectivity index (χ0v) is 19.7. The molecule has 9 heteroatoms. The van der Waals surface area contributed by atoms with Crippen molar-refractivity contribution in [3.05, 3.63) is 99.6 Å². The molecule has 0 radical (unpaired) electrons. The SMILES string of the molecule is COC(=O)c1ccc(CNC(=O)c2cccc(CNS(=O)(=O)c3cccc(Cl)c3C)c2)cc1. The number of nitrogens with one attached hydrogen (secondary N) is 2. The third kappa shape index (κ3) is 6.19. The molecule has 1 amide bonds. The second-order valence-corrected chi connectivity index (χ2v) is 9.40. The number of hydrogen-bond acceptors (Lipinski definition) is 5. The lowest BCUT2D eigenvalue weighted by Crippen LogP contribution is -2.25. The van der Waals surface area contributed by atoms with Gasteiger partial charge in [0.15, 0.2) is 0 Å². The van der Waals surface area contributed by atoms with Crippen LogP contribution in [0.25, 0.3) is 0 Å². The van der Waals surface area contributed by atoms with Gasteiger partial charge in [-0.05, 0) is 60.0 Å². The van der Waals surface area contributed by atoms with Gasteiger partial charge >= 0.3 is 5.97 Å². The molecule has 0 bridgehead atoms. The van der Waals surface area contributed by atoms with Crippen LogP contribution in [0.3, 0.4) is 0 Å². The second-order valence-electron chi connectivity index (χ2n) is 7.26. The number of hydrogen-bond donors (Lipinski definition) is 2. The van der Waals surface area contributed by atoms with Crippen molar-refractivity contribution < 1.29 is 22.7 Å². The largest absolute Gasteiger partial charge is 0.465 e. The Morgan fingerprint density at radius 1 is 0.909 bits per heavy atom. The van der Waals surface area contributed by atoms with E-state index < -0.39 is 16.0 Å².